The van der Waals surface area contributed by atoms with E-state index in [4.69, 9.17) is 0 Å². The van der Waals surface area contributed by atoms with Crippen LogP contribution in [0.2, 0.25) is 0 Å². The molecule has 0 radical (unpaired) electrons. The predicted molar refractivity (Wildman–Crippen MR) is 104 cm³/mol. The zero-order chi connectivity index (χ0) is 19.0. The molecule has 0 aliphatic rings. The molecule has 2 aromatic heterocycles. The number of fused-ring (bicyclic) bond motifs is 1. The van der Waals surface area contributed by atoms with E-state index in [0.29, 0.717) is 12.2 Å². The summed E-state index contributed by atoms with van der Waals surface area (Å²) in [6.45, 7) is 2.25. The molecule has 0 aliphatic carbocycles. The van der Waals surface area contributed by atoms with Crippen molar-refractivity contribution in [3.05, 3.63) is 82.3 Å². The largest absolute Gasteiger partial charge is 0.331 e. The molecule has 4 rings (SSSR count). The number of aromatic nitrogens is 4. The Bertz CT molecular complexity index is 1180. The highest BCUT2D eigenvalue weighted by molar-refractivity contribution is 6.03. The minimum atomic E-state index is -0.351. The van der Waals surface area contributed by atoms with E-state index in [0.717, 1.165) is 22.4 Å². The van der Waals surface area contributed by atoms with Crippen LogP contribution in [-0.4, -0.2) is 25.0 Å². The fraction of sp³-hybridized carbons (Fsp3) is 0.150. The molecule has 4 aromatic rings. The summed E-state index contributed by atoms with van der Waals surface area (Å²) in [5, 5.41) is 2.85. The maximum absolute atomic E-state index is 12.7. The molecule has 0 atom stereocenters. The van der Waals surface area contributed by atoms with Crippen LogP contribution < -0.4 is 11.0 Å². The molecule has 0 fully saturated rings. The van der Waals surface area contributed by atoms with Gasteiger partial charge in [0.2, 0.25) is 0 Å². The highest BCUT2D eigenvalue weighted by Gasteiger charge is 2.15. The Morgan fingerprint density at radius 3 is 2.74 bits per heavy atom. The molecule has 2 N–H and O–H groups in total. The summed E-state index contributed by atoms with van der Waals surface area (Å²) in [5.74, 6) is 0.548. The number of anilines is 1. The second kappa shape index (κ2) is 6.60. The SMILES string of the molecule is Cc1nc2cc(NC(=O)c3c[nH]c(=O)n3Cc3ccccc3)ccc2n1C. The minimum absolute atomic E-state index is 0.279. The molecule has 2 aromatic carbocycles. The Balaban J connectivity index is 1.61. The Morgan fingerprint density at radius 2 is 1.96 bits per heavy atom. The van der Waals surface area contributed by atoms with Gasteiger partial charge in [0.15, 0.2) is 0 Å². The highest BCUT2D eigenvalue weighted by atomic mass is 16.2. The van der Waals surface area contributed by atoms with E-state index < -0.39 is 0 Å². The Morgan fingerprint density at radius 1 is 1.19 bits per heavy atom. The van der Waals surface area contributed by atoms with Gasteiger partial charge < -0.3 is 14.9 Å². The average Bonchev–Trinajstić information content (AvgIpc) is 3.16. The summed E-state index contributed by atoms with van der Waals surface area (Å²) in [6, 6.07) is 15.1. The third-order valence-corrected chi connectivity index (χ3v) is 4.65. The van der Waals surface area contributed by atoms with Gasteiger partial charge in [-0.05, 0) is 30.7 Å². The van der Waals surface area contributed by atoms with Crippen LogP contribution in [0.1, 0.15) is 21.9 Å². The van der Waals surface area contributed by atoms with Crippen molar-refractivity contribution < 1.29 is 4.79 Å². The van der Waals surface area contributed by atoms with Gasteiger partial charge in [-0.15, -0.1) is 0 Å². The van der Waals surface area contributed by atoms with E-state index in [9.17, 15) is 9.59 Å². The van der Waals surface area contributed by atoms with E-state index in [2.05, 4.69) is 15.3 Å². The maximum atomic E-state index is 12.7. The quantitative estimate of drug-likeness (QED) is 0.586. The second-order valence-corrected chi connectivity index (χ2v) is 6.43. The molecule has 0 unspecified atom stereocenters. The van der Waals surface area contributed by atoms with Crippen LogP contribution in [0.25, 0.3) is 11.0 Å². The van der Waals surface area contributed by atoms with Gasteiger partial charge in [-0.3, -0.25) is 9.36 Å². The topological polar surface area (TPSA) is 84.7 Å². The maximum Gasteiger partial charge on any atom is 0.326 e. The number of rotatable bonds is 4. The Hall–Kier alpha value is -3.61. The normalized spacial score (nSPS) is 11.0. The fourth-order valence-electron chi connectivity index (χ4n) is 3.10. The first-order chi connectivity index (χ1) is 13.0. The van der Waals surface area contributed by atoms with Crippen molar-refractivity contribution in [3.63, 3.8) is 0 Å². The summed E-state index contributed by atoms with van der Waals surface area (Å²) in [4.78, 5) is 31.9. The molecule has 7 heteroatoms. The van der Waals surface area contributed by atoms with Gasteiger partial charge >= 0.3 is 5.69 Å². The van der Waals surface area contributed by atoms with E-state index in [1.807, 2.05) is 67.1 Å². The number of hydrogen-bond acceptors (Lipinski definition) is 3. The summed E-state index contributed by atoms with van der Waals surface area (Å²) >= 11 is 0. The monoisotopic (exact) mass is 361 g/mol. The lowest BCUT2D eigenvalue weighted by atomic mass is 10.2. The Labute approximate surface area is 155 Å². The standard InChI is InChI=1S/C20H19N5O2/c1-13-22-16-10-15(8-9-17(16)24(13)2)23-19(26)18-11-21-20(27)25(18)12-14-6-4-3-5-7-14/h3-11H,12H2,1-2H3,(H,21,27)(H,23,26). The lowest BCUT2D eigenvalue weighted by molar-refractivity contribution is 0.101. The molecule has 0 saturated heterocycles. The third kappa shape index (κ3) is 3.15. The van der Waals surface area contributed by atoms with Crippen molar-refractivity contribution in [2.45, 2.75) is 13.5 Å². The summed E-state index contributed by atoms with van der Waals surface area (Å²) in [6.07, 6.45) is 1.43. The lowest BCUT2D eigenvalue weighted by Gasteiger charge is -2.09. The molecule has 0 spiro atoms. The number of nitrogens with one attached hydrogen (secondary N) is 2. The molecule has 0 aliphatic heterocycles. The van der Waals surface area contributed by atoms with Crippen LogP contribution in [-0.2, 0) is 13.6 Å². The number of benzene rings is 2. The molecular weight excluding hydrogens is 342 g/mol. The smallest absolute Gasteiger partial charge is 0.326 e. The van der Waals surface area contributed by atoms with Crippen molar-refractivity contribution >= 4 is 22.6 Å². The molecule has 1 amide bonds. The number of aryl methyl sites for hydroxylation is 2. The van der Waals surface area contributed by atoms with Crippen LogP contribution in [0.5, 0.6) is 0 Å². The van der Waals surface area contributed by atoms with Gasteiger partial charge in [0, 0.05) is 18.9 Å². The fourth-order valence-corrected chi connectivity index (χ4v) is 3.10. The first-order valence-electron chi connectivity index (χ1n) is 8.59. The first kappa shape index (κ1) is 16.8. The van der Waals surface area contributed by atoms with Crippen molar-refractivity contribution in [1.82, 2.24) is 19.1 Å². The van der Waals surface area contributed by atoms with Crippen molar-refractivity contribution in [1.29, 1.82) is 0 Å². The van der Waals surface area contributed by atoms with Gasteiger partial charge in [-0.2, -0.15) is 0 Å². The highest BCUT2D eigenvalue weighted by Crippen LogP contribution is 2.20. The summed E-state index contributed by atoms with van der Waals surface area (Å²) < 4.78 is 3.42. The number of imidazole rings is 2. The summed E-state index contributed by atoms with van der Waals surface area (Å²) in [7, 11) is 1.95. The first-order valence-corrected chi connectivity index (χ1v) is 8.59. The number of nitrogens with zero attached hydrogens (tertiary/aromatic N) is 3. The number of carbonyl (C=O) groups is 1. The van der Waals surface area contributed by atoms with Crippen LogP contribution in [0, 0.1) is 6.92 Å². The predicted octanol–water partition coefficient (Wildman–Crippen LogP) is 2.67. The number of carbonyl (C=O) groups excluding carboxylic acids is 1. The van der Waals surface area contributed by atoms with Gasteiger partial charge in [0.25, 0.3) is 5.91 Å². The van der Waals surface area contributed by atoms with E-state index in [1.54, 1.807) is 0 Å². The minimum Gasteiger partial charge on any atom is -0.331 e. The molecule has 0 bridgehead atoms. The van der Waals surface area contributed by atoms with Crippen LogP contribution in [0.15, 0.2) is 59.5 Å². The lowest BCUT2D eigenvalue weighted by Crippen LogP contribution is -2.24. The number of amides is 1. The third-order valence-electron chi connectivity index (χ3n) is 4.65. The molecule has 27 heavy (non-hydrogen) atoms. The molecule has 0 saturated carbocycles. The van der Waals surface area contributed by atoms with E-state index >= 15 is 0 Å². The zero-order valence-electron chi connectivity index (χ0n) is 15.1. The van der Waals surface area contributed by atoms with Crippen molar-refractivity contribution in [2.24, 2.45) is 7.05 Å². The molecular formula is C20H19N5O2. The van der Waals surface area contributed by atoms with Gasteiger partial charge in [0.05, 0.1) is 17.6 Å². The van der Waals surface area contributed by atoms with Gasteiger partial charge in [-0.1, -0.05) is 30.3 Å². The average molecular weight is 361 g/mol. The van der Waals surface area contributed by atoms with Crippen LogP contribution in [0.4, 0.5) is 5.69 Å². The van der Waals surface area contributed by atoms with Gasteiger partial charge in [0.1, 0.15) is 11.5 Å². The molecule has 7 nitrogen and oxygen atoms in total. The Kier molecular flexibility index (Phi) is 4.12. The number of aromatic amines is 1. The zero-order valence-corrected chi connectivity index (χ0v) is 15.1. The second-order valence-electron chi connectivity index (χ2n) is 6.43. The number of H-pyrrole nitrogens is 1. The van der Waals surface area contributed by atoms with Crippen molar-refractivity contribution in [3.8, 4) is 0 Å². The van der Waals surface area contributed by atoms with Crippen molar-refractivity contribution in [2.75, 3.05) is 5.32 Å². The molecule has 136 valence electrons. The van der Waals surface area contributed by atoms with E-state index in [-0.39, 0.29) is 17.3 Å². The van der Waals surface area contributed by atoms with Gasteiger partial charge in [-0.25, -0.2) is 9.78 Å². The van der Waals surface area contributed by atoms with E-state index in [1.165, 1.54) is 10.8 Å². The van der Waals surface area contributed by atoms with Crippen LogP contribution in [0.3, 0.4) is 0 Å². The summed E-state index contributed by atoms with van der Waals surface area (Å²) in [5.41, 5.74) is 3.33. The van der Waals surface area contributed by atoms with Crippen LogP contribution >= 0.6 is 0 Å². The number of hydrogen-bond donors (Lipinski definition) is 2. The molecule has 2 heterocycles.